The lowest BCUT2D eigenvalue weighted by atomic mass is 10.1. The van der Waals surface area contributed by atoms with Crippen molar-refractivity contribution in [3.05, 3.63) is 23.0 Å². The first kappa shape index (κ1) is 11.8. The van der Waals surface area contributed by atoms with Gasteiger partial charge in [-0.05, 0) is 19.9 Å². The summed E-state index contributed by atoms with van der Waals surface area (Å²) in [7, 11) is 0. The van der Waals surface area contributed by atoms with Gasteiger partial charge >= 0.3 is 5.97 Å². The number of carboxylic acid groups (broad SMARTS) is 1. The zero-order chi connectivity index (χ0) is 11.4. The highest BCUT2D eigenvalue weighted by atomic mass is 35.5. The Hall–Kier alpha value is -1.29. The molecule has 1 heterocycles. The Morgan fingerprint density at radius 1 is 1.60 bits per heavy atom. The Balaban J connectivity index is 3.14. The summed E-state index contributed by atoms with van der Waals surface area (Å²) in [6.45, 7) is 4.04. The quantitative estimate of drug-likeness (QED) is 0.775. The average molecular weight is 229 g/mol. The molecule has 0 saturated heterocycles. The molecule has 0 bridgehead atoms. The van der Waals surface area contributed by atoms with Crippen LogP contribution < -0.4 is 5.32 Å². The number of hydrogen-bond donors (Lipinski definition) is 2. The second kappa shape index (κ2) is 4.98. The van der Waals surface area contributed by atoms with Crippen LogP contribution in [0.2, 0.25) is 0 Å². The van der Waals surface area contributed by atoms with Crippen LogP contribution in [-0.4, -0.2) is 28.5 Å². The highest BCUT2D eigenvalue weighted by molar-refractivity contribution is 6.18. The summed E-state index contributed by atoms with van der Waals surface area (Å²) in [4.78, 5) is 15.1. The standard InChI is InChI=1S/C10H13ClN2O2/c1-6-5-8(12-4-3-11)9(10(14)15)7(2)13-6/h5H,3-4H2,1-2H3,(H,12,13)(H,14,15). The molecule has 4 nitrogen and oxygen atoms in total. The van der Waals surface area contributed by atoms with E-state index in [0.29, 0.717) is 23.8 Å². The summed E-state index contributed by atoms with van der Waals surface area (Å²) in [5.74, 6) is -0.545. The summed E-state index contributed by atoms with van der Waals surface area (Å²) in [6, 6.07) is 1.71. The number of nitrogens with one attached hydrogen (secondary N) is 1. The molecule has 0 atom stereocenters. The molecule has 0 amide bonds. The number of carboxylic acids is 1. The maximum atomic E-state index is 11.0. The van der Waals surface area contributed by atoms with Crippen molar-refractivity contribution < 1.29 is 9.90 Å². The highest BCUT2D eigenvalue weighted by Gasteiger charge is 2.14. The van der Waals surface area contributed by atoms with Gasteiger partial charge in [0.2, 0.25) is 0 Å². The normalized spacial score (nSPS) is 10.1. The van der Waals surface area contributed by atoms with Crippen LogP contribution in [0.5, 0.6) is 0 Å². The number of aromatic carboxylic acids is 1. The SMILES string of the molecule is Cc1cc(NCCCl)c(C(=O)O)c(C)n1. The van der Waals surface area contributed by atoms with Crippen molar-refractivity contribution in [1.82, 2.24) is 4.98 Å². The average Bonchev–Trinajstić information content (AvgIpc) is 2.12. The van der Waals surface area contributed by atoms with Crippen molar-refractivity contribution in [3.63, 3.8) is 0 Å². The van der Waals surface area contributed by atoms with E-state index in [1.807, 2.05) is 6.92 Å². The Labute approximate surface area is 93.3 Å². The summed E-state index contributed by atoms with van der Waals surface area (Å²) >= 11 is 5.54. The predicted octanol–water partition coefficient (Wildman–Crippen LogP) is 2.05. The van der Waals surface area contributed by atoms with Crippen molar-refractivity contribution in [2.24, 2.45) is 0 Å². The third kappa shape index (κ3) is 2.83. The van der Waals surface area contributed by atoms with E-state index in [9.17, 15) is 4.79 Å². The van der Waals surface area contributed by atoms with E-state index in [2.05, 4.69) is 10.3 Å². The number of anilines is 1. The number of hydrogen-bond acceptors (Lipinski definition) is 3. The van der Waals surface area contributed by atoms with Gasteiger partial charge in [-0.1, -0.05) is 0 Å². The third-order valence-corrected chi connectivity index (χ3v) is 2.14. The molecule has 15 heavy (non-hydrogen) atoms. The van der Waals surface area contributed by atoms with Gasteiger partial charge in [-0.25, -0.2) is 4.79 Å². The second-order valence-corrected chi connectivity index (χ2v) is 3.57. The minimum atomic E-state index is -0.975. The van der Waals surface area contributed by atoms with Gasteiger partial charge < -0.3 is 10.4 Å². The van der Waals surface area contributed by atoms with Gasteiger partial charge in [0, 0.05) is 18.1 Å². The smallest absolute Gasteiger partial charge is 0.339 e. The molecule has 5 heteroatoms. The minimum absolute atomic E-state index is 0.214. The van der Waals surface area contributed by atoms with Gasteiger partial charge in [0.15, 0.2) is 0 Å². The number of rotatable bonds is 4. The van der Waals surface area contributed by atoms with Crippen LogP contribution in [0.4, 0.5) is 5.69 Å². The molecular formula is C10H13ClN2O2. The minimum Gasteiger partial charge on any atom is -0.478 e. The van der Waals surface area contributed by atoms with Crippen LogP contribution in [0.1, 0.15) is 21.7 Å². The number of nitrogens with zero attached hydrogens (tertiary/aromatic N) is 1. The Morgan fingerprint density at radius 3 is 2.80 bits per heavy atom. The number of pyridine rings is 1. The number of aromatic nitrogens is 1. The van der Waals surface area contributed by atoms with Crippen LogP contribution in [0.25, 0.3) is 0 Å². The number of carbonyl (C=O) groups is 1. The molecule has 0 aromatic carbocycles. The Morgan fingerprint density at radius 2 is 2.27 bits per heavy atom. The molecule has 0 fully saturated rings. The van der Waals surface area contributed by atoms with E-state index >= 15 is 0 Å². The van der Waals surface area contributed by atoms with Gasteiger partial charge in [0.05, 0.1) is 11.4 Å². The zero-order valence-electron chi connectivity index (χ0n) is 8.67. The summed E-state index contributed by atoms with van der Waals surface area (Å²) < 4.78 is 0. The van der Waals surface area contributed by atoms with Gasteiger partial charge in [0.1, 0.15) is 5.56 Å². The van der Waals surface area contributed by atoms with Crippen molar-refractivity contribution >= 4 is 23.3 Å². The molecular weight excluding hydrogens is 216 g/mol. The summed E-state index contributed by atoms with van der Waals surface area (Å²) in [5.41, 5.74) is 2.09. The molecule has 0 saturated carbocycles. The van der Waals surface area contributed by atoms with Crippen LogP contribution in [0.15, 0.2) is 6.07 Å². The van der Waals surface area contributed by atoms with Crippen LogP contribution in [-0.2, 0) is 0 Å². The fraction of sp³-hybridized carbons (Fsp3) is 0.400. The molecule has 0 aliphatic carbocycles. The number of halogens is 1. The van der Waals surface area contributed by atoms with Gasteiger partial charge in [0.25, 0.3) is 0 Å². The predicted molar refractivity (Wildman–Crippen MR) is 59.9 cm³/mol. The van der Waals surface area contributed by atoms with Crippen molar-refractivity contribution in [3.8, 4) is 0 Å². The fourth-order valence-corrected chi connectivity index (χ4v) is 1.51. The van der Waals surface area contributed by atoms with E-state index in [0.717, 1.165) is 5.69 Å². The van der Waals surface area contributed by atoms with E-state index in [1.165, 1.54) is 0 Å². The van der Waals surface area contributed by atoms with E-state index < -0.39 is 5.97 Å². The van der Waals surface area contributed by atoms with Crippen molar-refractivity contribution in [2.45, 2.75) is 13.8 Å². The van der Waals surface area contributed by atoms with E-state index in [-0.39, 0.29) is 5.56 Å². The Bertz CT molecular complexity index is 380. The first-order valence-corrected chi connectivity index (χ1v) is 5.11. The van der Waals surface area contributed by atoms with Gasteiger partial charge in [-0.15, -0.1) is 11.6 Å². The second-order valence-electron chi connectivity index (χ2n) is 3.19. The Kier molecular flexibility index (Phi) is 3.91. The topological polar surface area (TPSA) is 62.2 Å². The molecule has 0 spiro atoms. The molecule has 2 N–H and O–H groups in total. The molecule has 82 valence electrons. The largest absolute Gasteiger partial charge is 0.478 e. The molecule has 1 aromatic rings. The lowest BCUT2D eigenvalue weighted by Crippen LogP contribution is -2.11. The van der Waals surface area contributed by atoms with E-state index in [4.69, 9.17) is 16.7 Å². The maximum absolute atomic E-state index is 11.0. The van der Waals surface area contributed by atoms with Crippen LogP contribution >= 0.6 is 11.6 Å². The fourth-order valence-electron chi connectivity index (χ4n) is 1.42. The van der Waals surface area contributed by atoms with Crippen LogP contribution in [0.3, 0.4) is 0 Å². The van der Waals surface area contributed by atoms with Crippen molar-refractivity contribution in [2.75, 3.05) is 17.7 Å². The number of aryl methyl sites for hydroxylation is 2. The molecule has 0 aliphatic heterocycles. The number of alkyl halides is 1. The highest BCUT2D eigenvalue weighted by Crippen LogP contribution is 2.19. The third-order valence-electron chi connectivity index (χ3n) is 1.95. The first-order valence-electron chi connectivity index (χ1n) is 4.57. The van der Waals surface area contributed by atoms with Crippen molar-refractivity contribution in [1.29, 1.82) is 0 Å². The van der Waals surface area contributed by atoms with E-state index in [1.54, 1.807) is 13.0 Å². The summed E-state index contributed by atoms with van der Waals surface area (Å²) in [5, 5.41) is 12.0. The molecule has 1 aromatic heterocycles. The van der Waals surface area contributed by atoms with Crippen LogP contribution in [0, 0.1) is 13.8 Å². The molecule has 0 unspecified atom stereocenters. The first-order chi connectivity index (χ1) is 7.06. The lowest BCUT2D eigenvalue weighted by molar-refractivity contribution is 0.0696. The van der Waals surface area contributed by atoms with Gasteiger partial charge in [-0.3, -0.25) is 4.98 Å². The lowest BCUT2D eigenvalue weighted by Gasteiger charge is -2.11. The monoisotopic (exact) mass is 228 g/mol. The zero-order valence-corrected chi connectivity index (χ0v) is 9.43. The summed E-state index contributed by atoms with van der Waals surface area (Å²) in [6.07, 6.45) is 0. The van der Waals surface area contributed by atoms with Gasteiger partial charge in [-0.2, -0.15) is 0 Å². The molecule has 0 aliphatic rings. The molecule has 1 rings (SSSR count). The maximum Gasteiger partial charge on any atom is 0.339 e. The molecule has 0 radical (unpaired) electrons.